The molecule has 26 heavy (non-hydrogen) atoms. The van der Waals surface area contributed by atoms with Crippen molar-refractivity contribution in [2.24, 2.45) is 16.8 Å². The zero-order valence-electron chi connectivity index (χ0n) is 16.1. The summed E-state index contributed by atoms with van der Waals surface area (Å²) in [5.74, 6) is 1.23. The van der Waals surface area contributed by atoms with Gasteiger partial charge in [-0.1, -0.05) is 31.8 Å². The third-order valence-corrected chi connectivity index (χ3v) is 6.34. The van der Waals surface area contributed by atoms with Crippen LogP contribution in [0.25, 0.3) is 0 Å². The molecule has 0 spiro atoms. The number of hydrogen-bond donors (Lipinski definition) is 2. The maximum Gasteiger partial charge on any atom is 0.255 e. The minimum Gasteiger partial charge on any atom is -0.362 e. The van der Waals surface area contributed by atoms with Crippen LogP contribution < -0.4 is 5.32 Å². The highest BCUT2D eigenvalue weighted by molar-refractivity contribution is 6.05. The van der Waals surface area contributed by atoms with Gasteiger partial charge in [0.25, 0.3) is 5.91 Å². The zero-order valence-corrected chi connectivity index (χ0v) is 16.1. The predicted octanol–water partition coefficient (Wildman–Crippen LogP) is 5.09. The summed E-state index contributed by atoms with van der Waals surface area (Å²) in [6.45, 7) is 4.36. The number of rotatable bonds is 5. The topological polar surface area (TPSA) is 57.2 Å². The zero-order chi connectivity index (χ0) is 18.1. The van der Waals surface area contributed by atoms with Gasteiger partial charge < -0.3 is 10.3 Å². The van der Waals surface area contributed by atoms with Crippen LogP contribution in [-0.4, -0.2) is 22.6 Å². The maximum absolute atomic E-state index is 13.0. The molecule has 2 aliphatic carbocycles. The number of allylic oxidation sites excluding steroid dienone is 2. The third kappa shape index (κ3) is 3.65. The van der Waals surface area contributed by atoms with E-state index in [4.69, 9.17) is 4.99 Å². The molecular formula is C22H31N3O. The average Bonchev–Trinajstić information content (AvgIpc) is 3.46. The number of carbonyl (C=O) groups excluding carboxylic acids is 1. The lowest BCUT2D eigenvalue weighted by Gasteiger charge is -2.28. The fourth-order valence-corrected chi connectivity index (χ4v) is 4.39. The summed E-state index contributed by atoms with van der Waals surface area (Å²) in [5.41, 5.74) is 5.25. The third-order valence-electron chi connectivity index (χ3n) is 6.34. The van der Waals surface area contributed by atoms with Crippen molar-refractivity contribution in [2.45, 2.75) is 77.7 Å². The van der Waals surface area contributed by atoms with Gasteiger partial charge in [-0.2, -0.15) is 0 Å². The van der Waals surface area contributed by atoms with Gasteiger partial charge in [0, 0.05) is 36.0 Å². The van der Waals surface area contributed by atoms with Crippen LogP contribution in [0.15, 0.2) is 22.8 Å². The number of amides is 1. The van der Waals surface area contributed by atoms with Gasteiger partial charge in [-0.05, 0) is 51.0 Å². The second kappa shape index (κ2) is 7.42. The Morgan fingerprint density at radius 2 is 2.04 bits per heavy atom. The summed E-state index contributed by atoms with van der Waals surface area (Å²) in [6, 6.07) is 0.232. The first kappa shape index (κ1) is 17.6. The highest BCUT2D eigenvalue weighted by Gasteiger charge is 2.30. The van der Waals surface area contributed by atoms with E-state index in [-0.39, 0.29) is 11.9 Å². The molecule has 0 saturated heterocycles. The summed E-state index contributed by atoms with van der Waals surface area (Å²) in [7, 11) is 0. The van der Waals surface area contributed by atoms with Gasteiger partial charge in [-0.15, -0.1) is 0 Å². The van der Waals surface area contributed by atoms with Gasteiger partial charge in [0.2, 0.25) is 0 Å². The second-order valence-electron chi connectivity index (χ2n) is 8.33. The Kier molecular flexibility index (Phi) is 5.01. The molecule has 0 radical (unpaired) electrons. The number of nitrogens with one attached hydrogen (secondary N) is 2. The highest BCUT2D eigenvalue weighted by Crippen LogP contribution is 2.37. The summed E-state index contributed by atoms with van der Waals surface area (Å²) in [5, 5.41) is 3.26. The minimum atomic E-state index is 0.0272. The molecule has 1 unspecified atom stereocenters. The van der Waals surface area contributed by atoms with Crippen LogP contribution in [0.1, 0.15) is 81.3 Å². The Morgan fingerprint density at radius 3 is 2.73 bits per heavy atom. The Morgan fingerprint density at radius 1 is 1.27 bits per heavy atom. The molecule has 4 heteroatoms. The molecule has 1 aliphatic heterocycles. The van der Waals surface area contributed by atoms with Crippen molar-refractivity contribution >= 4 is 17.3 Å². The number of hydrogen-bond acceptors (Lipinski definition) is 2. The maximum atomic E-state index is 13.0. The van der Waals surface area contributed by atoms with E-state index < -0.39 is 0 Å². The van der Waals surface area contributed by atoms with Crippen molar-refractivity contribution in [3.63, 3.8) is 0 Å². The molecule has 1 aromatic rings. The first-order valence-electron chi connectivity index (χ1n) is 10.4. The van der Waals surface area contributed by atoms with E-state index in [1.165, 1.54) is 56.2 Å². The monoisotopic (exact) mass is 353 g/mol. The smallest absolute Gasteiger partial charge is 0.255 e. The molecule has 3 aliphatic rings. The van der Waals surface area contributed by atoms with Crippen LogP contribution in [0, 0.1) is 11.8 Å². The van der Waals surface area contributed by atoms with E-state index in [1.807, 2.05) is 6.20 Å². The normalized spacial score (nSPS) is 22.1. The van der Waals surface area contributed by atoms with E-state index in [1.54, 1.807) is 0 Å². The van der Waals surface area contributed by atoms with Crippen LogP contribution in [0.2, 0.25) is 0 Å². The number of aromatic nitrogens is 1. The van der Waals surface area contributed by atoms with Crippen molar-refractivity contribution in [1.29, 1.82) is 0 Å². The Hall–Kier alpha value is -1.84. The molecule has 2 N–H and O–H groups in total. The van der Waals surface area contributed by atoms with E-state index >= 15 is 0 Å². The fraction of sp³-hybridized carbons (Fsp3) is 0.636. The SMILES string of the molecule is CCC1=CC(C2CC2)=Nc2c(C(=O)NC(C)C3CCCCC3)c[nH]c2C1. The molecule has 2 saturated carbocycles. The molecule has 2 fully saturated rings. The molecule has 2 heterocycles. The van der Waals surface area contributed by atoms with Crippen LogP contribution in [0.5, 0.6) is 0 Å². The number of nitrogens with zero attached hydrogens (tertiary/aromatic N) is 1. The van der Waals surface area contributed by atoms with Crippen molar-refractivity contribution in [2.75, 3.05) is 0 Å². The Balaban J connectivity index is 1.54. The standard InChI is InChI=1S/C22H31N3O/c1-3-15-11-19(17-9-10-17)25-21-18(13-23-20(21)12-15)22(26)24-14(2)16-7-5-4-6-8-16/h11,13-14,16-17,23H,3-10,12H2,1-2H3,(H,24,26). The Labute approximate surface area is 156 Å². The minimum absolute atomic E-state index is 0.0272. The van der Waals surface area contributed by atoms with E-state index in [0.29, 0.717) is 17.4 Å². The lowest BCUT2D eigenvalue weighted by molar-refractivity contribution is 0.0920. The van der Waals surface area contributed by atoms with E-state index in [0.717, 1.165) is 24.2 Å². The summed E-state index contributed by atoms with van der Waals surface area (Å²) < 4.78 is 0. The van der Waals surface area contributed by atoms with Gasteiger partial charge in [0.15, 0.2) is 0 Å². The summed E-state index contributed by atoms with van der Waals surface area (Å²) in [4.78, 5) is 21.3. The second-order valence-corrected chi connectivity index (χ2v) is 8.33. The highest BCUT2D eigenvalue weighted by atomic mass is 16.1. The van der Waals surface area contributed by atoms with Crippen LogP contribution >= 0.6 is 0 Å². The van der Waals surface area contributed by atoms with E-state index in [2.05, 4.69) is 30.2 Å². The average molecular weight is 354 g/mol. The van der Waals surface area contributed by atoms with Gasteiger partial charge in [0.1, 0.15) is 0 Å². The summed E-state index contributed by atoms with van der Waals surface area (Å²) >= 11 is 0. The fourth-order valence-electron chi connectivity index (χ4n) is 4.39. The molecule has 4 rings (SSSR count). The van der Waals surface area contributed by atoms with Crippen molar-refractivity contribution in [3.05, 3.63) is 29.1 Å². The molecule has 1 amide bonds. The molecule has 4 nitrogen and oxygen atoms in total. The Bertz CT molecular complexity index is 733. The lowest BCUT2D eigenvalue weighted by atomic mass is 9.84. The molecule has 140 valence electrons. The van der Waals surface area contributed by atoms with Gasteiger partial charge >= 0.3 is 0 Å². The lowest BCUT2D eigenvalue weighted by Crippen LogP contribution is -2.38. The van der Waals surface area contributed by atoms with E-state index in [9.17, 15) is 4.79 Å². The van der Waals surface area contributed by atoms with Gasteiger partial charge in [-0.3, -0.25) is 9.79 Å². The molecular weight excluding hydrogens is 322 g/mol. The summed E-state index contributed by atoms with van der Waals surface area (Å²) in [6.07, 6.45) is 14.9. The number of aromatic amines is 1. The number of fused-ring (bicyclic) bond motifs is 1. The van der Waals surface area contributed by atoms with Crippen LogP contribution in [0.4, 0.5) is 5.69 Å². The molecule has 0 bridgehead atoms. The number of H-pyrrole nitrogens is 1. The van der Waals surface area contributed by atoms with Crippen LogP contribution in [-0.2, 0) is 6.42 Å². The van der Waals surface area contributed by atoms with Crippen molar-refractivity contribution in [1.82, 2.24) is 10.3 Å². The molecule has 1 atom stereocenters. The largest absolute Gasteiger partial charge is 0.362 e. The predicted molar refractivity (Wildman–Crippen MR) is 106 cm³/mol. The quantitative estimate of drug-likeness (QED) is 0.761. The van der Waals surface area contributed by atoms with Gasteiger partial charge in [-0.25, -0.2) is 0 Å². The number of aliphatic imine (C=N–C) groups is 1. The number of carbonyl (C=O) groups is 1. The molecule has 1 aromatic heterocycles. The van der Waals surface area contributed by atoms with Crippen molar-refractivity contribution in [3.8, 4) is 0 Å². The first-order chi connectivity index (χ1) is 12.7. The van der Waals surface area contributed by atoms with Crippen LogP contribution in [0.3, 0.4) is 0 Å². The van der Waals surface area contributed by atoms with Gasteiger partial charge in [0.05, 0.1) is 11.3 Å². The van der Waals surface area contributed by atoms with Crippen molar-refractivity contribution < 1.29 is 4.79 Å². The molecule has 0 aromatic carbocycles. The first-order valence-corrected chi connectivity index (χ1v) is 10.4.